The minimum atomic E-state index is -0.990. The number of rotatable bonds is 5. The highest BCUT2D eigenvalue weighted by Gasteiger charge is 2.54. The van der Waals surface area contributed by atoms with Gasteiger partial charge in [-0.15, -0.1) is 0 Å². The first-order valence-corrected chi connectivity index (χ1v) is 8.40. The van der Waals surface area contributed by atoms with Gasteiger partial charge in [-0.05, 0) is 42.3 Å². The van der Waals surface area contributed by atoms with E-state index in [4.69, 9.17) is 14.2 Å². The van der Waals surface area contributed by atoms with Crippen LogP contribution in [0.1, 0.15) is 22.8 Å². The van der Waals surface area contributed by atoms with Crippen molar-refractivity contribution in [3.05, 3.63) is 41.5 Å². The molecule has 0 radical (unpaired) electrons. The molecule has 1 aliphatic heterocycles. The Bertz CT molecular complexity index is 870. The molecule has 1 fully saturated rings. The summed E-state index contributed by atoms with van der Waals surface area (Å²) in [5.74, 6) is -0.318. The number of amides is 1. The SMILES string of the molecule is COc1cc(C(=O)O[C@H](C(=O)N(C)C)[C@]2(C)CO2)c2cccc(C)c2c1. The molecule has 0 bridgehead atoms. The number of likely N-dealkylation sites (N-methyl/N-ethyl adjacent to an activating group) is 1. The van der Waals surface area contributed by atoms with Crippen molar-refractivity contribution in [2.45, 2.75) is 25.6 Å². The number of hydrogen-bond donors (Lipinski definition) is 0. The third-order valence-electron chi connectivity index (χ3n) is 4.69. The third-order valence-corrected chi connectivity index (χ3v) is 4.69. The molecule has 3 rings (SSSR count). The van der Waals surface area contributed by atoms with Crippen LogP contribution in [0.25, 0.3) is 10.8 Å². The summed E-state index contributed by atoms with van der Waals surface area (Å²) in [7, 11) is 4.80. The normalized spacial score (nSPS) is 19.7. The van der Waals surface area contributed by atoms with E-state index in [0.717, 1.165) is 16.3 Å². The highest BCUT2D eigenvalue weighted by atomic mass is 16.6. The molecule has 6 nitrogen and oxygen atoms in total. The van der Waals surface area contributed by atoms with Gasteiger partial charge >= 0.3 is 5.97 Å². The minimum Gasteiger partial charge on any atom is -0.497 e. The molecule has 26 heavy (non-hydrogen) atoms. The molecular weight excluding hydrogens is 334 g/mol. The van der Waals surface area contributed by atoms with Gasteiger partial charge in [-0.2, -0.15) is 0 Å². The van der Waals surface area contributed by atoms with Gasteiger partial charge in [0.1, 0.15) is 11.4 Å². The number of epoxide rings is 1. The van der Waals surface area contributed by atoms with E-state index in [-0.39, 0.29) is 5.91 Å². The van der Waals surface area contributed by atoms with E-state index in [9.17, 15) is 9.59 Å². The van der Waals surface area contributed by atoms with E-state index in [2.05, 4.69) is 0 Å². The lowest BCUT2D eigenvalue weighted by molar-refractivity contribution is -0.141. The van der Waals surface area contributed by atoms with Crippen molar-refractivity contribution in [3.63, 3.8) is 0 Å². The fourth-order valence-corrected chi connectivity index (χ4v) is 2.90. The van der Waals surface area contributed by atoms with Crippen LogP contribution in [0.3, 0.4) is 0 Å². The Morgan fingerprint density at radius 3 is 2.50 bits per heavy atom. The summed E-state index contributed by atoms with van der Waals surface area (Å²) in [4.78, 5) is 26.8. The largest absolute Gasteiger partial charge is 0.497 e. The summed E-state index contributed by atoms with van der Waals surface area (Å²) in [5, 5.41) is 1.66. The van der Waals surface area contributed by atoms with Gasteiger partial charge < -0.3 is 19.1 Å². The molecule has 1 amide bonds. The van der Waals surface area contributed by atoms with Crippen LogP contribution in [0.4, 0.5) is 0 Å². The number of fused-ring (bicyclic) bond motifs is 1. The second-order valence-electron chi connectivity index (χ2n) is 6.96. The average Bonchev–Trinajstić information content (AvgIpc) is 3.36. The standard InChI is InChI=1S/C20H23NO5/c1-12-7-6-8-14-15(12)9-13(24-5)10-16(14)19(23)26-17(18(22)21(3)4)20(2)11-25-20/h6-10,17H,11H2,1-5H3/t17-,20+/m1/s1. The summed E-state index contributed by atoms with van der Waals surface area (Å²) in [6, 6.07) is 9.23. The molecule has 0 unspecified atom stereocenters. The van der Waals surface area contributed by atoms with E-state index in [0.29, 0.717) is 17.9 Å². The van der Waals surface area contributed by atoms with Crippen LogP contribution in [-0.4, -0.2) is 56.3 Å². The Labute approximate surface area is 152 Å². The average molecular weight is 357 g/mol. The van der Waals surface area contributed by atoms with Gasteiger partial charge in [0.15, 0.2) is 0 Å². The monoisotopic (exact) mass is 357 g/mol. The van der Waals surface area contributed by atoms with Crippen molar-refractivity contribution in [2.24, 2.45) is 0 Å². The first kappa shape index (κ1) is 18.2. The number of hydrogen-bond acceptors (Lipinski definition) is 5. The van der Waals surface area contributed by atoms with E-state index < -0.39 is 17.7 Å². The summed E-state index contributed by atoms with van der Waals surface area (Å²) in [6.07, 6.45) is -0.990. The van der Waals surface area contributed by atoms with E-state index in [1.807, 2.05) is 31.2 Å². The molecule has 1 aliphatic rings. The van der Waals surface area contributed by atoms with E-state index in [1.54, 1.807) is 34.2 Å². The van der Waals surface area contributed by atoms with Crippen LogP contribution in [0.15, 0.2) is 30.3 Å². The summed E-state index contributed by atoms with van der Waals surface area (Å²) < 4.78 is 16.3. The van der Waals surface area contributed by atoms with Gasteiger partial charge in [0.2, 0.25) is 6.10 Å². The second kappa shape index (κ2) is 6.61. The van der Waals surface area contributed by atoms with E-state index in [1.165, 1.54) is 4.90 Å². The quantitative estimate of drug-likeness (QED) is 0.608. The van der Waals surface area contributed by atoms with Crippen LogP contribution in [-0.2, 0) is 14.3 Å². The number of aryl methyl sites for hydroxylation is 1. The van der Waals surface area contributed by atoms with E-state index >= 15 is 0 Å². The van der Waals surface area contributed by atoms with Gasteiger partial charge in [-0.1, -0.05) is 18.2 Å². The molecule has 2 aromatic carbocycles. The summed E-state index contributed by atoms with van der Waals surface area (Å²) >= 11 is 0. The van der Waals surface area contributed by atoms with Crippen molar-refractivity contribution in [3.8, 4) is 5.75 Å². The Morgan fingerprint density at radius 1 is 1.23 bits per heavy atom. The Balaban J connectivity index is 2.01. The topological polar surface area (TPSA) is 68.4 Å². The fraction of sp³-hybridized carbons (Fsp3) is 0.400. The molecule has 6 heteroatoms. The fourth-order valence-electron chi connectivity index (χ4n) is 2.90. The molecule has 0 aliphatic carbocycles. The highest BCUT2D eigenvalue weighted by molar-refractivity contribution is 6.06. The molecule has 1 heterocycles. The molecular formula is C20H23NO5. The van der Waals surface area contributed by atoms with Crippen LogP contribution < -0.4 is 4.74 Å². The highest BCUT2D eigenvalue weighted by Crippen LogP contribution is 2.35. The molecule has 2 aromatic rings. The smallest absolute Gasteiger partial charge is 0.339 e. The Kier molecular flexibility index (Phi) is 4.63. The second-order valence-corrected chi connectivity index (χ2v) is 6.96. The Hall–Kier alpha value is -2.60. The molecule has 0 spiro atoms. The molecule has 0 saturated carbocycles. The lowest BCUT2D eigenvalue weighted by Crippen LogP contribution is -2.45. The first-order chi connectivity index (χ1) is 12.3. The van der Waals surface area contributed by atoms with Crippen molar-refractivity contribution in [2.75, 3.05) is 27.8 Å². The zero-order valence-corrected chi connectivity index (χ0v) is 15.7. The maximum atomic E-state index is 12.9. The van der Waals surface area contributed by atoms with Crippen LogP contribution >= 0.6 is 0 Å². The minimum absolute atomic E-state index is 0.304. The predicted molar refractivity (Wildman–Crippen MR) is 97.5 cm³/mol. The van der Waals surface area contributed by atoms with Gasteiger partial charge in [0.05, 0.1) is 19.3 Å². The van der Waals surface area contributed by atoms with Gasteiger partial charge in [0, 0.05) is 14.1 Å². The molecule has 1 saturated heterocycles. The van der Waals surface area contributed by atoms with Crippen LogP contribution in [0.5, 0.6) is 5.75 Å². The maximum Gasteiger partial charge on any atom is 0.339 e. The first-order valence-electron chi connectivity index (χ1n) is 8.40. The number of benzene rings is 2. The number of methoxy groups -OCH3 is 1. The zero-order valence-electron chi connectivity index (χ0n) is 15.7. The summed E-state index contributed by atoms with van der Waals surface area (Å²) in [5.41, 5.74) is 0.611. The van der Waals surface area contributed by atoms with Gasteiger partial charge in [0.25, 0.3) is 5.91 Å². The number of esters is 1. The number of carbonyl (C=O) groups excluding carboxylic acids is 2. The Morgan fingerprint density at radius 2 is 1.92 bits per heavy atom. The lowest BCUT2D eigenvalue weighted by Gasteiger charge is -2.24. The molecule has 0 N–H and O–H groups in total. The number of nitrogens with zero attached hydrogens (tertiary/aromatic N) is 1. The van der Waals surface area contributed by atoms with Crippen LogP contribution in [0, 0.1) is 6.92 Å². The third kappa shape index (κ3) is 3.24. The lowest BCUT2D eigenvalue weighted by atomic mass is 9.99. The summed E-state index contributed by atoms with van der Waals surface area (Å²) in [6.45, 7) is 4.11. The zero-order chi connectivity index (χ0) is 19.1. The van der Waals surface area contributed by atoms with Gasteiger partial charge in [-0.25, -0.2) is 4.79 Å². The molecule has 2 atom stereocenters. The maximum absolute atomic E-state index is 12.9. The number of carbonyl (C=O) groups is 2. The predicted octanol–water partition coefficient (Wildman–Crippen LogP) is 2.56. The number of ether oxygens (including phenoxy) is 3. The van der Waals surface area contributed by atoms with Crippen LogP contribution in [0.2, 0.25) is 0 Å². The molecule has 0 aromatic heterocycles. The molecule has 138 valence electrons. The van der Waals surface area contributed by atoms with Gasteiger partial charge in [-0.3, -0.25) is 4.79 Å². The van der Waals surface area contributed by atoms with Crippen molar-refractivity contribution >= 4 is 22.6 Å². The van der Waals surface area contributed by atoms with Crippen molar-refractivity contribution < 1.29 is 23.8 Å². The van der Waals surface area contributed by atoms with Crippen molar-refractivity contribution in [1.82, 2.24) is 4.90 Å². The van der Waals surface area contributed by atoms with Crippen molar-refractivity contribution in [1.29, 1.82) is 0 Å².